The summed E-state index contributed by atoms with van der Waals surface area (Å²) in [5.41, 5.74) is 3.32. The summed E-state index contributed by atoms with van der Waals surface area (Å²) in [5, 5.41) is 6.08. The van der Waals surface area contributed by atoms with E-state index in [9.17, 15) is 4.79 Å². The molecule has 2 aromatic rings. The molecule has 128 valence electrons. The Kier molecular flexibility index (Phi) is 6.21. The van der Waals surface area contributed by atoms with E-state index in [1.807, 2.05) is 44.3 Å². The molecule has 2 aromatic carbocycles. The van der Waals surface area contributed by atoms with Crippen molar-refractivity contribution >= 4 is 11.6 Å². The molecule has 0 heterocycles. The molecule has 5 heteroatoms. The van der Waals surface area contributed by atoms with Crippen LogP contribution in [0, 0.1) is 6.92 Å². The second-order valence-corrected chi connectivity index (χ2v) is 5.49. The molecule has 1 amide bonds. The molecule has 0 saturated heterocycles. The van der Waals surface area contributed by atoms with Gasteiger partial charge < -0.3 is 20.1 Å². The fraction of sp³-hybridized carbons (Fsp3) is 0.316. The topological polar surface area (TPSA) is 59.6 Å². The number of benzene rings is 2. The van der Waals surface area contributed by atoms with Crippen LogP contribution in [0.15, 0.2) is 36.4 Å². The Labute approximate surface area is 143 Å². The SMILES string of the molecule is CNCCc1ccccc1C(=O)Nc1cc(OC)c(OC)cc1C. The second-order valence-electron chi connectivity index (χ2n) is 5.49. The van der Waals surface area contributed by atoms with E-state index >= 15 is 0 Å². The van der Waals surface area contributed by atoms with Gasteiger partial charge in [-0.2, -0.15) is 0 Å². The van der Waals surface area contributed by atoms with Crippen molar-refractivity contribution in [3.63, 3.8) is 0 Å². The van der Waals surface area contributed by atoms with Crippen LogP contribution in [0.4, 0.5) is 5.69 Å². The van der Waals surface area contributed by atoms with Crippen LogP contribution in [0.25, 0.3) is 0 Å². The highest BCUT2D eigenvalue weighted by molar-refractivity contribution is 6.05. The molecule has 24 heavy (non-hydrogen) atoms. The van der Waals surface area contributed by atoms with Gasteiger partial charge in [-0.25, -0.2) is 0 Å². The lowest BCUT2D eigenvalue weighted by Crippen LogP contribution is -2.17. The van der Waals surface area contributed by atoms with Crippen LogP contribution in [-0.2, 0) is 6.42 Å². The molecule has 0 radical (unpaired) electrons. The molecule has 0 aliphatic rings. The Morgan fingerprint density at radius 3 is 2.42 bits per heavy atom. The van der Waals surface area contributed by atoms with E-state index < -0.39 is 0 Å². The van der Waals surface area contributed by atoms with Crippen LogP contribution in [0.2, 0.25) is 0 Å². The van der Waals surface area contributed by atoms with Crippen LogP contribution in [0.5, 0.6) is 11.5 Å². The molecular formula is C19H24N2O3. The normalized spacial score (nSPS) is 10.3. The summed E-state index contributed by atoms with van der Waals surface area (Å²) >= 11 is 0. The Bertz CT molecular complexity index is 714. The molecular weight excluding hydrogens is 304 g/mol. The predicted molar refractivity (Wildman–Crippen MR) is 96.3 cm³/mol. The Morgan fingerprint density at radius 1 is 1.08 bits per heavy atom. The first kappa shape index (κ1) is 17.8. The Hall–Kier alpha value is -2.53. The number of hydrogen-bond donors (Lipinski definition) is 2. The number of anilines is 1. The van der Waals surface area contributed by atoms with E-state index in [1.54, 1.807) is 20.3 Å². The lowest BCUT2D eigenvalue weighted by Gasteiger charge is -2.15. The zero-order valence-electron chi connectivity index (χ0n) is 14.6. The van der Waals surface area contributed by atoms with Gasteiger partial charge in [0.15, 0.2) is 11.5 Å². The second kappa shape index (κ2) is 8.36. The molecule has 0 atom stereocenters. The van der Waals surface area contributed by atoms with Crippen molar-refractivity contribution in [2.75, 3.05) is 33.1 Å². The van der Waals surface area contributed by atoms with E-state index in [0.29, 0.717) is 22.7 Å². The number of hydrogen-bond acceptors (Lipinski definition) is 4. The van der Waals surface area contributed by atoms with E-state index in [2.05, 4.69) is 10.6 Å². The first-order valence-electron chi connectivity index (χ1n) is 7.87. The summed E-state index contributed by atoms with van der Waals surface area (Å²) in [7, 11) is 5.06. The van der Waals surface area contributed by atoms with Crippen molar-refractivity contribution < 1.29 is 14.3 Å². The van der Waals surface area contributed by atoms with Crippen molar-refractivity contribution in [2.45, 2.75) is 13.3 Å². The minimum absolute atomic E-state index is 0.128. The maximum Gasteiger partial charge on any atom is 0.255 e. The number of nitrogens with one attached hydrogen (secondary N) is 2. The van der Waals surface area contributed by atoms with Crippen LogP contribution >= 0.6 is 0 Å². The van der Waals surface area contributed by atoms with Crippen molar-refractivity contribution in [3.8, 4) is 11.5 Å². The molecule has 0 bridgehead atoms. The smallest absolute Gasteiger partial charge is 0.255 e. The highest BCUT2D eigenvalue weighted by Gasteiger charge is 2.14. The number of carbonyl (C=O) groups is 1. The van der Waals surface area contributed by atoms with E-state index in [0.717, 1.165) is 24.1 Å². The summed E-state index contributed by atoms with van der Waals surface area (Å²) < 4.78 is 10.6. The lowest BCUT2D eigenvalue weighted by molar-refractivity contribution is 0.102. The van der Waals surface area contributed by atoms with Crippen molar-refractivity contribution in [1.82, 2.24) is 5.32 Å². The standard InChI is InChI=1S/C19H24N2O3/c1-13-11-17(23-3)18(24-4)12-16(13)21-19(22)15-8-6-5-7-14(15)9-10-20-2/h5-8,11-12,20H,9-10H2,1-4H3,(H,21,22). The first-order valence-corrected chi connectivity index (χ1v) is 7.87. The number of methoxy groups -OCH3 is 2. The zero-order valence-corrected chi connectivity index (χ0v) is 14.6. The zero-order chi connectivity index (χ0) is 17.5. The first-order chi connectivity index (χ1) is 11.6. The highest BCUT2D eigenvalue weighted by atomic mass is 16.5. The third-order valence-electron chi connectivity index (χ3n) is 3.89. The van der Waals surface area contributed by atoms with Crippen LogP contribution in [-0.4, -0.2) is 33.7 Å². The lowest BCUT2D eigenvalue weighted by atomic mass is 10.0. The number of likely N-dealkylation sites (N-methyl/N-ethyl adjacent to an activating group) is 1. The van der Waals surface area contributed by atoms with Gasteiger partial charge >= 0.3 is 0 Å². The van der Waals surface area contributed by atoms with Gasteiger partial charge in [0.1, 0.15) is 0 Å². The van der Waals surface area contributed by atoms with Gasteiger partial charge in [-0.1, -0.05) is 18.2 Å². The van der Waals surface area contributed by atoms with Gasteiger partial charge in [0.25, 0.3) is 5.91 Å². The van der Waals surface area contributed by atoms with E-state index in [-0.39, 0.29) is 5.91 Å². The molecule has 0 fully saturated rings. The third-order valence-corrected chi connectivity index (χ3v) is 3.89. The fourth-order valence-corrected chi connectivity index (χ4v) is 2.52. The molecule has 2 rings (SSSR count). The maximum atomic E-state index is 12.7. The van der Waals surface area contributed by atoms with E-state index in [1.165, 1.54) is 0 Å². The molecule has 2 N–H and O–H groups in total. The third kappa shape index (κ3) is 4.06. The molecule has 0 aliphatic heterocycles. The number of aryl methyl sites for hydroxylation is 1. The monoisotopic (exact) mass is 328 g/mol. The Morgan fingerprint density at radius 2 is 1.75 bits per heavy atom. The summed E-state index contributed by atoms with van der Waals surface area (Å²) in [5.74, 6) is 1.10. The molecule has 0 aromatic heterocycles. The minimum Gasteiger partial charge on any atom is -0.493 e. The van der Waals surface area contributed by atoms with Crippen LogP contribution < -0.4 is 20.1 Å². The van der Waals surface area contributed by atoms with Crippen molar-refractivity contribution in [3.05, 3.63) is 53.1 Å². The average molecular weight is 328 g/mol. The molecule has 5 nitrogen and oxygen atoms in total. The number of amides is 1. The molecule has 0 saturated carbocycles. The number of carbonyl (C=O) groups excluding carboxylic acids is 1. The predicted octanol–water partition coefficient (Wildman–Crippen LogP) is 3.03. The van der Waals surface area contributed by atoms with Gasteiger partial charge in [-0.05, 0) is 50.2 Å². The van der Waals surface area contributed by atoms with Gasteiger partial charge in [0.05, 0.1) is 14.2 Å². The van der Waals surface area contributed by atoms with Gasteiger partial charge in [0, 0.05) is 17.3 Å². The van der Waals surface area contributed by atoms with Crippen molar-refractivity contribution in [1.29, 1.82) is 0 Å². The largest absolute Gasteiger partial charge is 0.493 e. The van der Waals surface area contributed by atoms with Gasteiger partial charge in [-0.3, -0.25) is 4.79 Å². The maximum absolute atomic E-state index is 12.7. The van der Waals surface area contributed by atoms with Crippen LogP contribution in [0.3, 0.4) is 0 Å². The highest BCUT2D eigenvalue weighted by Crippen LogP contribution is 2.33. The molecule has 0 unspecified atom stereocenters. The summed E-state index contributed by atoms with van der Waals surface area (Å²) in [4.78, 5) is 12.7. The van der Waals surface area contributed by atoms with Gasteiger partial charge in [0.2, 0.25) is 0 Å². The average Bonchev–Trinajstić information content (AvgIpc) is 2.61. The number of rotatable bonds is 7. The summed E-state index contributed by atoms with van der Waals surface area (Å²) in [6.07, 6.45) is 0.797. The van der Waals surface area contributed by atoms with Crippen LogP contribution in [0.1, 0.15) is 21.5 Å². The Balaban J connectivity index is 2.27. The molecule has 0 spiro atoms. The molecule has 0 aliphatic carbocycles. The summed E-state index contributed by atoms with van der Waals surface area (Å²) in [6, 6.07) is 11.3. The quantitative estimate of drug-likeness (QED) is 0.820. The van der Waals surface area contributed by atoms with E-state index in [4.69, 9.17) is 9.47 Å². The summed E-state index contributed by atoms with van der Waals surface area (Å²) in [6.45, 7) is 2.74. The minimum atomic E-state index is -0.128. The fourth-order valence-electron chi connectivity index (χ4n) is 2.52. The van der Waals surface area contributed by atoms with Crippen molar-refractivity contribution in [2.24, 2.45) is 0 Å². The van der Waals surface area contributed by atoms with Gasteiger partial charge in [-0.15, -0.1) is 0 Å². The number of ether oxygens (including phenoxy) is 2.